The summed E-state index contributed by atoms with van der Waals surface area (Å²) in [4.78, 5) is 10.8. The fraction of sp³-hybridized carbons (Fsp3) is 0.300. The molecule has 0 bridgehead atoms. The minimum atomic E-state index is -1.22. The van der Waals surface area contributed by atoms with Crippen LogP contribution in [0.2, 0.25) is 0 Å². The number of rotatable bonds is 4. The fourth-order valence-corrected chi connectivity index (χ4v) is 1.39. The summed E-state index contributed by atoms with van der Waals surface area (Å²) < 4.78 is 30.8. The molecule has 0 aliphatic rings. The first kappa shape index (κ1) is 12.4. The van der Waals surface area contributed by atoms with E-state index >= 15 is 0 Å². The van der Waals surface area contributed by atoms with E-state index in [0.29, 0.717) is 0 Å². The molecular formula is C10H11F2NO3. The van der Waals surface area contributed by atoms with Crippen molar-refractivity contribution in [3.8, 4) is 5.75 Å². The van der Waals surface area contributed by atoms with Gasteiger partial charge >= 0.3 is 5.97 Å². The Morgan fingerprint density at radius 3 is 2.62 bits per heavy atom. The van der Waals surface area contributed by atoms with Gasteiger partial charge in [0.15, 0.2) is 11.6 Å². The molecule has 0 aliphatic heterocycles. The van der Waals surface area contributed by atoms with Gasteiger partial charge in [0, 0.05) is 12.1 Å². The molecule has 1 rings (SSSR count). The predicted molar refractivity (Wildman–Crippen MR) is 52.3 cm³/mol. The second-order valence-corrected chi connectivity index (χ2v) is 3.11. The third kappa shape index (κ3) is 2.11. The summed E-state index contributed by atoms with van der Waals surface area (Å²) in [5.41, 5.74) is 5.29. The number of carbonyl (C=O) groups is 1. The Morgan fingerprint density at radius 2 is 2.19 bits per heavy atom. The summed E-state index contributed by atoms with van der Waals surface area (Å²) in [5.74, 6) is -5.06. The number of methoxy groups -OCH3 is 1. The predicted octanol–water partition coefficient (Wildman–Crippen LogP) is 1.10. The molecule has 1 atom stereocenters. The van der Waals surface area contributed by atoms with Gasteiger partial charge in [-0.3, -0.25) is 4.79 Å². The van der Waals surface area contributed by atoms with Crippen molar-refractivity contribution in [2.75, 3.05) is 13.7 Å². The third-order valence-corrected chi connectivity index (χ3v) is 2.19. The van der Waals surface area contributed by atoms with Crippen molar-refractivity contribution in [1.82, 2.24) is 0 Å². The number of ether oxygens (including phenoxy) is 1. The number of hydrogen-bond acceptors (Lipinski definition) is 3. The SMILES string of the molecule is COc1c(C(CN)C(=O)O)ccc(F)c1F. The van der Waals surface area contributed by atoms with E-state index in [-0.39, 0.29) is 12.1 Å². The van der Waals surface area contributed by atoms with Gasteiger partial charge in [-0.05, 0) is 6.07 Å². The monoisotopic (exact) mass is 231 g/mol. The average Bonchev–Trinajstić information content (AvgIpc) is 2.24. The third-order valence-electron chi connectivity index (χ3n) is 2.19. The van der Waals surface area contributed by atoms with Crippen molar-refractivity contribution < 1.29 is 23.4 Å². The maximum absolute atomic E-state index is 13.3. The Labute approximate surface area is 90.6 Å². The van der Waals surface area contributed by atoms with Crippen molar-refractivity contribution in [2.45, 2.75) is 5.92 Å². The topological polar surface area (TPSA) is 72.5 Å². The highest BCUT2D eigenvalue weighted by Crippen LogP contribution is 2.30. The van der Waals surface area contributed by atoms with Crippen molar-refractivity contribution in [2.24, 2.45) is 5.73 Å². The van der Waals surface area contributed by atoms with Gasteiger partial charge in [-0.15, -0.1) is 0 Å². The van der Waals surface area contributed by atoms with Crippen LogP contribution in [-0.4, -0.2) is 24.7 Å². The summed E-state index contributed by atoms with van der Waals surface area (Å²) in [6.45, 7) is -0.225. The van der Waals surface area contributed by atoms with Gasteiger partial charge in [-0.1, -0.05) is 6.07 Å². The van der Waals surface area contributed by atoms with Crippen LogP contribution in [0.25, 0.3) is 0 Å². The summed E-state index contributed by atoms with van der Waals surface area (Å²) in [5, 5.41) is 8.86. The Bertz CT molecular complexity index is 409. The van der Waals surface area contributed by atoms with Crippen LogP contribution in [-0.2, 0) is 4.79 Å². The first-order valence-corrected chi connectivity index (χ1v) is 4.47. The maximum Gasteiger partial charge on any atom is 0.312 e. The van der Waals surface area contributed by atoms with Crippen LogP contribution in [0.5, 0.6) is 5.75 Å². The summed E-state index contributed by atoms with van der Waals surface area (Å²) >= 11 is 0. The lowest BCUT2D eigenvalue weighted by Gasteiger charge is -2.14. The van der Waals surface area contributed by atoms with Gasteiger partial charge in [0.05, 0.1) is 13.0 Å². The van der Waals surface area contributed by atoms with Gasteiger partial charge in [0.25, 0.3) is 0 Å². The first-order chi connectivity index (χ1) is 7.52. The largest absolute Gasteiger partial charge is 0.493 e. The molecule has 16 heavy (non-hydrogen) atoms. The van der Waals surface area contributed by atoms with E-state index in [0.717, 1.165) is 19.2 Å². The van der Waals surface area contributed by atoms with E-state index in [1.807, 2.05) is 0 Å². The van der Waals surface area contributed by atoms with E-state index in [1.54, 1.807) is 0 Å². The number of halogens is 2. The molecule has 0 radical (unpaired) electrons. The van der Waals surface area contributed by atoms with E-state index in [1.165, 1.54) is 0 Å². The Kier molecular flexibility index (Phi) is 3.78. The van der Waals surface area contributed by atoms with Crippen LogP contribution in [0.4, 0.5) is 8.78 Å². The van der Waals surface area contributed by atoms with Crippen LogP contribution >= 0.6 is 0 Å². The van der Waals surface area contributed by atoms with Crippen LogP contribution in [0, 0.1) is 11.6 Å². The molecule has 1 unspecified atom stereocenters. The Morgan fingerprint density at radius 1 is 1.56 bits per heavy atom. The molecule has 6 heteroatoms. The van der Waals surface area contributed by atoms with Gasteiger partial charge in [-0.2, -0.15) is 4.39 Å². The lowest BCUT2D eigenvalue weighted by Crippen LogP contribution is -2.22. The molecule has 1 aromatic rings. The zero-order valence-electron chi connectivity index (χ0n) is 8.54. The maximum atomic E-state index is 13.3. The zero-order chi connectivity index (χ0) is 12.3. The number of hydrogen-bond donors (Lipinski definition) is 2. The van der Waals surface area contributed by atoms with Crippen molar-refractivity contribution in [3.63, 3.8) is 0 Å². The quantitative estimate of drug-likeness (QED) is 0.813. The normalized spacial score (nSPS) is 12.2. The minimum absolute atomic E-state index is 0.0244. The molecule has 0 spiro atoms. The van der Waals surface area contributed by atoms with Gasteiger partial charge in [0.2, 0.25) is 5.82 Å². The number of benzene rings is 1. The van der Waals surface area contributed by atoms with Crippen molar-refractivity contribution in [3.05, 3.63) is 29.3 Å². The molecule has 4 nitrogen and oxygen atoms in total. The minimum Gasteiger partial charge on any atom is -0.493 e. The van der Waals surface area contributed by atoms with Crippen molar-refractivity contribution >= 4 is 5.97 Å². The number of nitrogens with two attached hydrogens (primary N) is 1. The second kappa shape index (κ2) is 4.89. The van der Waals surface area contributed by atoms with E-state index < -0.39 is 29.3 Å². The van der Waals surface area contributed by atoms with Crippen LogP contribution in [0.3, 0.4) is 0 Å². The Balaban J connectivity index is 3.32. The zero-order valence-corrected chi connectivity index (χ0v) is 8.54. The molecule has 88 valence electrons. The Hall–Kier alpha value is -1.69. The molecule has 0 amide bonds. The highest BCUT2D eigenvalue weighted by molar-refractivity contribution is 5.77. The molecule has 0 heterocycles. The van der Waals surface area contributed by atoms with Crippen LogP contribution in [0.15, 0.2) is 12.1 Å². The average molecular weight is 231 g/mol. The summed E-state index contributed by atoms with van der Waals surface area (Å²) in [7, 11) is 1.14. The molecule has 3 N–H and O–H groups in total. The molecule has 0 saturated heterocycles. The van der Waals surface area contributed by atoms with Gasteiger partial charge < -0.3 is 15.6 Å². The molecular weight excluding hydrogens is 220 g/mol. The number of carboxylic acid groups (broad SMARTS) is 1. The smallest absolute Gasteiger partial charge is 0.312 e. The van der Waals surface area contributed by atoms with Crippen LogP contribution in [0.1, 0.15) is 11.5 Å². The molecule has 0 aromatic heterocycles. The van der Waals surface area contributed by atoms with E-state index in [4.69, 9.17) is 10.8 Å². The fourth-order valence-electron chi connectivity index (χ4n) is 1.39. The van der Waals surface area contributed by atoms with Gasteiger partial charge in [0.1, 0.15) is 0 Å². The first-order valence-electron chi connectivity index (χ1n) is 4.47. The van der Waals surface area contributed by atoms with Crippen LogP contribution < -0.4 is 10.5 Å². The van der Waals surface area contributed by atoms with Gasteiger partial charge in [-0.25, -0.2) is 4.39 Å². The highest BCUT2D eigenvalue weighted by atomic mass is 19.2. The molecule has 1 aromatic carbocycles. The second-order valence-electron chi connectivity index (χ2n) is 3.11. The lowest BCUT2D eigenvalue weighted by atomic mass is 9.98. The van der Waals surface area contributed by atoms with E-state index in [2.05, 4.69) is 4.74 Å². The highest BCUT2D eigenvalue weighted by Gasteiger charge is 2.25. The standard InChI is InChI=1S/C10H11F2NO3/c1-16-9-5(6(4-13)10(14)15)2-3-7(11)8(9)12/h2-3,6H,4,13H2,1H3,(H,14,15). The van der Waals surface area contributed by atoms with E-state index in [9.17, 15) is 13.6 Å². The van der Waals surface area contributed by atoms with Crippen molar-refractivity contribution in [1.29, 1.82) is 0 Å². The summed E-state index contributed by atoms with van der Waals surface area (Å²) in [6.07, 6.45) is 0. The molecule has 0 aliphatic carbocycles. The lowest BCUT2D eigenvalue weighted by molar-refractivity contribution is -0.138. The number of aliphatic carboxylic acids is 1. The molecule has 0 saturated carbocycles. The summed E-state index contributed by atoms with van der Waals surface area (Å²) in [6, 6.07) is 2.00. The molecule has 0 fully saturated rings. The number of carboxylic acids is 1.